The van der Waals surface area contributed by atoms with E-state index in [1.165, 1.54) is 10.3 Å². The first-order valence-corrected chi connectivity index (χ1v) is 6.17. The summed E-state index contributed by atoms with van der Waals surface area (Å²) >= 11 is 1.68. The average Bonchev–Trinajstić information content (AvgIpc) is 2.80. The number of benzene rings is 1. The lowest BCUT2D eigenvalue weighted by Gasteiger charge is -1.89. The maximum Gasteiger partial charge on any atom is 0.117 e. The fourth-order valence-electron chi connectivity index (χ4n) is 1.60. The summed E-state index contributed by atoms with van der Waals surface area (Å²) < 4.78 is 1.17. The molecule has 0 amide bonds. The quantitative estimate of drug-likeness (QED) is 0.677. The molecule has 0 unspecified atom stereocenters. The Morgan fingerprint density at radius 1 is 1.00 bits per heavy atom. The normalized spacial score (nSPS) is 11.3. The van der Waals surface area contributed by atoms with Crippen molar-refractivity contribution in [3.63, 3.8) is 0 Å². The number of hydrogen-bond donors (Lipinski definition) is 0. The molecule has 0 bridgehead atoms. The van der Waals surface area contributed by atoms with Crippen molar-refractivity contribution in [3.8, 4) is 0 Å². The van der Waals surface area contributed by atoms with Gasteiger partial charge in [0.15, 0.2) is 0 Å². The van der Waals surface area contributed by atoms with E-state index < -0.39 is 0 Å². The lowest BCUT2D eigenvalue weighted by Crippen LogP contribution is -1.71. The van der Waals surface area contributed by atoms with Crippen LogP contribution in [0, 0.1) is 0 Å². The number of rotatable bonds is 2. The minimum absolute atomic E-state index is 0.963. The molecule has 0 aliphatic heterocycles. The Hall–Kier alpha value is -2.00. The molecule has 3 aromatic rings. The van der Waals surface area contributed by atoms with Gasteiger partial charge in [0.1, 0.15) is 10.5 Å². The molecule has 0 saturated heterocycles. The lowest BCUT2D eigenvalue weighted by molar-refractivity contribution is 1.33. The molecule has 2 nitrogen and oxygen atoms in total. The van der Waals surface area contributed by atoms with Gasteiger partial charge in [-0.2, -0.15) is 0 Å². The minimum atomic E-state index is 0.963. The Kier molecular flexibility index (Phi) is 2.68. The molecule has 0 spiro atoms. The van der Waals surface area contributed by atoms with Gasteiger partial charge in [-0.05, 0) is 17.7 Å². The van der Waals surface area contributed by atoms with Crippen molar-refractivity contribution in [3.05, 3.63) is 59.4 Å². The second-order valence-electron chi connectivity index (χ2n) is 3.64. The predicted octanol–water partition coefficient (Wildman–Crippen LogP) is 3.86. The predicted molar refractivity (Wildman–Crippen MR) is 72.8 cm³/mol. The fraction of sp³-hybridized carbons (Fsp3) is 0. The molecule has 0 atom stereocenters. The Labute approximate surface area is 103 Å². The van der Waals surface area contributed by atoms with Crippen LogP contribution in [0.4, 0.5) is 0 Å². The van der Waals surface area contributed by atoms with E-state index in [0.717, 1.165) is 10.5 Å². The molecule has 0 aliphatic carbocycles. The zero-order valence-corrected chi connectivity index (χ0v) is 9.89. The topological polar surface area (TPSA) is 25.8 Å². The van der Waals surface area contributed by atoms with Crippen LogP contribution in [-0.2, 0) is 0 Å². The van der Waals surface area contributed by atoms with E-state index in [2.05, 4.69) is 28.2 Å². The van der Waals surface area contributed by atoms with E-state index in [-0.39, 0.29) is 0 Å². The van der Waals surface area contributed by atoms with Gasteiger partial charge in [0, 0.05) is 6.20 Å². The van der Waals surface area contributed by atoms with Gasteiger partial charge in [-0.1, -0.05) is 36.4 Å². The van der Waals surface area contributed by atoms with Gasteiger partial charge < -0.3 is 0 Å². The van der Waals surface area contributed by atoms with Gasteiger partial charge in [0.05, 0.1) is 10.9 Å². The third kappa shape index (κ3) is 2.24. The summed E-state index contributed by atoms with van der Waals surface area (Å²) in [4.78, 5) is 8.56. The summed E-state index contributed by atoms with van der Waals surface area (Å²) in [5.41, 5.74) is 2.15. The van der Waals surface area contributed by atoms with Crippen LogP contribution in [0.25, 0.3) is 22.4 Å². The monoisotopic (exact) mass is 238 g/mol. The van der Waals surface area contributed by atoms with E-state index in [9.17, 15) is 0 Å². The number of nitrogens with zero attached hydrogens (tertiary/aromatic N) is 2. The van der Waals surface area contributed by atoms with Crippen LogP contribution >= 0.6 is 11.3 Å². The first-order chi connectivity index (χ1) is 8.42. The van der Waals surface area contributed by atoms with Crippen molar-refractivity contribution in [2.45, 2.75) is 0 Å². The highest BCUT2D eigenvalue weighted by molar-refractivity contribution is 7.19. The highest BCUT2D eigenvalue weighted by atomic mass is 32.1. The number of fused-ring (bicyclic) bond motifs is 1. The summed E-state index contributed by atoms with van der Waals surface area (Å²) in [6, 6.07) is 12.2. The Balaban J connectivity index is 1.92. The second kappa shape index (κ2) is 4.47. The smallest absolute Gasteiger partial charge is 0.117 e. The van der Waals surface area contributed by atoms with Crippen LogP contribution in [0.1, 0.15) is 10.6 Å². The second-order valence-corrected chi connectivity index (χ2v) is 4.70. The van der Waals surface area contributed by atoms with Crippen molar-refractivity contribution in [2.24, 2.45) is 0 Å². The van der Waals surface area contributed by atoms with Crippen molar-refractivity contribution in [2.75, 3.05) is 0 Å². The van der Waals surface area contributed by atoms with E-state index in [4.69, 9.17) is 0 Å². The third-order valence-electron chi connectivity index (χ3n) is 2.42. The highest BCUT2D eigenvalue weighted by Gasteiger charge is 1.99. The molecule has 2 heterocycles. The molecule has 82 valence electrons. The maximum absolute atomic E-state index is 4.50. The molecule has 0 N–H and O–H groups in total. The highest BCUT2D eigenvalue weighted by Crippen LogP contribution is 2.22. The van der Waals surface area contributed by atoms with E-state index in [1.54, 1.807) is 23.7 Å². The summed E-state index contributed by atoms with van der Waals surface area (Å²) in [7, 11) is 0. The third-order valence-corrected chi connectivity index (χ3v) is 3.43. The van der Waals surface area contributed by atoms with Crippen LogP contribution in [0.2, 0.25) is 0 Å². The number of hydrogen-bond acceptors (Lipinski definition) is 3. The summed E-state index contributed by atoms with van der Waals surface area (Å²) in [5.74, 6) is 0. The largest absolute Gasteiger partial charge is 0.262 e. The van der Waals surface area contributed by atoms with Crippen LogP contribution in [-0.4, -0.2) is 9.97 Å². The number of pyridine rings is 1. The molecular weight excluding hydrogens is 228 g/mol. The van der Waals surface area contributed by atoms with Gasteiger partial charge in [-0.25, -0.2) is 4.98 Å². The molecule has 3 rings (SSSR count). The number of aromatic nitrogens is 2. The summed E-state index contributed by atoms with van der Waals surface area (Å²) in [5, 5.41) is 1.01. The molecule has 1 aromatic carbocycles. The standard InChI is InChI=1S/C14H10N2S/c1-2-4-11(5-3-1)6-7-14-16-12-10-15-9-8-13(12)17-14/h1-10H/b7-6+. The SMILES string of the molecule is C(=C\c1nc2cnccc2s1)/c1ccccc1. The maximum atomic E-state index is 4.50. The molecular formula is C14H10N2S. The minimum Gasteiger partial charge on any atom is -0.262 e. The van der Waals surface area contributed by atoms with Crippen molar-refractivity contribution in [1.29, 1.82) is 0 Å². The van der Waals surface area contributed by atoms with Crippen LogP contribution < -0.4 is 0 Å². The molecule has 0 fully saturated rings. The lowest BCUT2D eigenvalue weighted by atomic mass is 10.2. The molecule has 17 heavy (non-hydrogen) atoms. The van der Waals surface area contributed by atoms with Gasteiger partial charge in [0.2, 0.25) is 0 Å². The van der Waals surface area contributed by atoms with E-state index >= 15 is 0 Å². The van der Waals surface area contributed by atoms with Crippen molar-refractivity contribution in [1.82, 2.24) is 9.97 Å². The molecule has 2 aromatic heterocycles. The Bertz CT molecular complexity index is 623. The van der Waals surface area contributed by atoms with Crippen LogP contribution in [0.5, 0.6) is 0 Å². The van der Waals surface area contributed by atoms with Crippen molar-refractivity contribution >= 4 is 33.7 Å². The van der Waals surface area contributed by atoms with Gasteiger partial charge in [-0.3, -0.25) is 4.98 Å². The Morgan fingerprint density at radius 3 is 2.71 bits per heavy atom. The molecule has 0 saturated carbocycles. The van der Waals surface area contributed by atoms with Gasteiger partial charge in [-0.15, -0.1) is 11.3 Å². The van der Waals surface area contributed by atoms with Crippen LogP contribution in [0.3, 0.4) is 0 Å². The molecule has 0 aliphatic rings. The van der Waals surface area contributed by atoms with Gasteiger partial charge >= 0.3 is 0 Å². The summed E-state index contributed by atoms with van der Waals surface area (Å²) in [6.07, 6.45) is 7.71. The van der Waals surface area contributed by atoms with Crippen LogP contribution in [0.15, 0.2) is 48.8 Å². The molecule has 0 radical (unpaired) electrons. The number of thiazole rings is 1. The van der Waals surface area contributed by atoms with E-state index in [1.807, 2.05) is 30.3 Å². The summed E-state index contributed by atoms with van der Waals surface area (Å²) in [6.45, 7) is 0. The Morgan fingerprint density at radius 2 is 1.88 bits per heavy atom. The fourth-order valence-corrected chi connectivity index (χ4v) is 2.44. The van der Waals surface area contributed by atoms with Gasteiger partial charge in [0.25, 0.3) is 0 Å². The van der Waals surface area contributed by atoms with E-state index in [0.29, 0.717) is 0 Å². The van der Waals surface area contributed by atoms with Crippen molar-refractivity contribution < 1.29 is 0 Å². The first kappa shape index (κ1) is 10.2. The zero-order chi connectivity index (χ0) is 11.5. The zero-order valence-electron chi connectivity index (χ0n) is 9.08. The first-order valence-electron chi connectivity index (χ1n) is 5.35. The average molecular weight is 238 g/mol. The molecule has 3 heteroatoms.